The van der Waals surface area contributed by atoms with E-state index in [1.165, 1.54) is 12.3 Å². The number of aliphatic hydroxyl groups excluding tert-OH is 2. The van der Waals surface area contributed by atoms with Crippen molar-refractivity contribution in [1.82, 2.24) is 9.55 Å². The lowest BCUT2D eigenvalue weighted by Gasteiger charge is -2.12. The number of aromatic nitrogens is 2. The lowest BCUT2D eigenvalue weighted by Crippen LogP contribution is -2.29. The van der Waals surface area contributed by atoms with E-state index >= 15 is 0 Å². The summed E-state index contributed by atoms with van der Waals surface area (Å²) in [6.45, 7) is 1.23. The molecule has 2 atom stereocenters. The topological polar surface area (TPSA) is 105 Å². The molecule has 0 aliphatic carbocycles. The molecule has 0 aromatic carbocycles. The van der Waals surface area contributed by atoms with E-state index in [9.17, 15) is 14.7 Å². The number of aliphatic hydroxyl groups is 2. The van der Waals surface area contributed by atoms with E-state index in [-0.39, 0.29) is 12.5 Å². The van der Waals surface area contributed by atoms with Crippen molar-refractivity contribution in [3.63, 3.8) is 0 Å². The van der Waals surface area contributed by atoms with E-state index in [1.54, 1.807) is 6.92 Å². The average molecular weight is 240 g/mol. The SMILES string of the molecule is CC1=C(n2ccc(=O)[nH]c2=O)O[C@H](CO)[C@H]1O. The van der Waals surface area contributed by atoms with Gasteiger partial charge in [0, 0.05) is 17.8 Å². The molecule has 2 rings (SSSR count). The molecule has 0 spiro atoms. The second-order valence-corrected chi connectivity index (χ2v) is 3.75. The predicted molar refractivity (Wildman–Crippen MR) is 58.2 cm³/mol. The third-order valence-corrected chi connectivity index (χ3v) is 2.62. The second kappa shape index (κ2) is 4.19. The molecule has 2 heterocycles. The van der Waals surface area contributed by atoms with Crippen molar-refractivity contribution in [2.75, 3.05) is 6.61 Å². The van der Waals surface area contributed by atoms with Crippen LogP contribution in [0.2, 0.25) is 0 Å². The van der Waals surface area contributed by atoms with Gasteiger partial charge >= 0.3 is 5.69 Å². The minimum Gasteiger partial charge on any atom is -0.470 e. The van der Waals surface area contributed by atoms with Gasteiger partial charge in [0.25, 0.3) is 5.56 Å². The molecule has 0 saturated carbocycles. The van der Waals surface area contributed by atoms with Gasteiger partial charge in [0.1, 0.15) is 6.10 Å². The average Bonchev–Trinajstić information content (AvgIpc) is 2.57. The van der Waals surface area contributed by atoms with Crippen LogP contribution in [0.3, 0.4) is 0 Å². The molecule has 1 aliphatic heterocycles. The van der Waals surface area contributed by atoms with Crippen LogP contribution in [0, 0.1) is 0 Å². The molecule has 0 saturated heterocycles. The van der Waals surface area contributed by atoms with Crippen LogP contribution in [-0.4, -0.2) is 38.6 Å². The number of rotatable bonds is 2. The summed E-state index contributed by atoms with van der Waals surface area (Å²) in [7, 11) is 0. The number of nitrogens with zero attached hydrogens (tertiary/aromatic N) is 1. The Balaban J connectivity index is 2.48. The Morgan fingerprint density at radius 1 is 1.53 bits per heavy atom. The van der Waals surface area contributed by atoms with E-state index in [2.05, 4.69) is 4.98 Å². The molecule has 1 aromatic rings. The molecule has 17 heavy (non-hydrogen) atoms. The van der Waals surface area contributed by atoms with Crippen LogP contribution >= 0.6 is 0 Å². The van der Waals surface area contributed by atoms with Crippen LogP contribution in [-0.2, 0) is 4.74 Å². The van der Waals surface area contributed by atoms with Crippen LogP contribution in [0.1, 0.15) is 6.92 Å². The molecule has 0 amide bonds. The number of hydrogen-bond donors (Lipinski definition) is 3. The first kappa shape index (κ1) is 11.6. The summed E-state index contributed by atoms with van der Waals surface area (Å²) in [5, 5.41) is 18.7. The standard InChI is InChI=1S/C10H12N2O5/c1-5-8(15)6(4-13)17-9(5)12-3-2-7(14)11-10(12)16/h2-3,6,8,13,15H,4H2,1H3,(H,11,14,16)/t6-,8+/m1/s1. The molecule has 0 bridgehead atoms. The summed E-state index contributed by atoms with van der Waals surface area (Å²) >= 11 is 0. The molecule has 1 aromatic heterocycles. The van der Waals surface area contributed by atoms with Gasteiger partial charge in [-0.2, -0.15) is 0 Å². The fraction of sp³-hybridized carbons (Fsp3) is 0.400. The number of H-pyrrole nitrogens is 1. The van der Waals surface area contributed by atoms with Crippen LogP contribution in [0.15, 0.2) is 27.4 Å². The number of hydrogen-bond acceptors (Lipinski definition) is 5. The van der Waals surface area contributed by atoms with Crippen LogP contribution < -0.4 is 11.2 Å². The molecule has 0 radical (unpaired) electrons. The van der Waals surface area contributed by atoms with E-state index < -0.39 is 23.5 Å². The fourth-order valence-corrected chi connectivity index (χ4v) is 1.67. The third kappa shape index (κ3) is 1.90. The van der Waals surface area contributed by atoms with Crippen molar-refractivity contribution >= 4 is 5.88 Å². The van der Waals surface area contributed by atoms with E-state index in [0.717, 1.165) is 4.57 Å². The van der Waals surface area contributed by atoms with Crippen molar-refractivity contribution in [3.05, 3.63) is 38.7 Å². The van der Waals surface area contributed by atoms with Crippen molar-refractivity contribution in [2.45, 2.75) is 19.1 Å². The molecule has 92 valence electrons. The minimum absolute atomic E-state index is 0.137. The summed E-state index contributed by atoms with van der Waals surface area (Å²) in [4.78, 5) is 24.5. The molecular formula is C10H12N2O5. The number of aromatic amines is 1. The van der Waals surface area contributed by atoms with Gasteiger partial charge in [-0.25, -0.2) is 9.36 Å². The quantitative estimate of drug-likeness (QED) is 0.582. The van der Waals surface area contributed by atoms with Gasteiger partial charge in [0.05, 0.1) is 6.61 Å². The molecular weight excluding hydrogens is 228 g/mol. The number of ether oxygens (including phenoxy) is 1. The van der Waals surface area contributed by atoms with Crippen LogP contribution in [0.25, 0.3) is 5.88 Å². The summed E-state index contributed by atoms with van der Waals surface area (Å²) in [6, 6.07) is 1.17. The van der Waals surface area contributed by atoms with Crippen LogP contribution in [0.5, 0.6) is 0 Å². The van der Waals surface area contributed by atoms with Gasteiger partial charge in [-0.05, 0) is 6.92 Å². The Bertz CT molecular complexity index is 571. The van der Waals surface area contributed by atoms with Gasteiger partial charge in [-0.1, -0.05) is 0 Å². The fourth-order valence-electron chi connectivity index (χ4n) is 1.67. The zero-order valence-corrected chi connectivity index (χ0v) is 9.08. The maximum Gasteiger partial charge on any atom is 0.335 e. The third-order valence-electron chi connectivity index (χ3n) is 2.62. The molecule has 7 heteroatoms. The smallest absolute Gasteiger partial charge is 0.335 e. The lowest BCUT2D eigenvalue weighted by molar-refractivity contribution is 0.0229. The maximum atomic E-state index is 11.5. The van der Waals surface area contributed by atoms with Crippen molar-refractivity contribution < 1.29 is 14.9 Å². The van der Waals surface area contributed by atoms with Crippen molar-refractivity contribution in [1.29, 1.82) is 0 Å². The highest BCUT2D eigenvalue weighted by atomic mass is 16.5. The second-order valence-electron chi connectivity index (χ2n) is 3.75. The molecule has 0 fully saturated rings. The van der Waals surface area contributed by atoms with Gasteiger partial charge in [-0.15, -0.1) is 0 Å². The van der Waals surface area contributed by atoms with Crippen molar-refractivity contribution in [2.24, 2.45) is 0 Å². The largest absolute Gasteiger partial charge is 0.470 e. The number of nitrogens with one attached hydrogen (secondary N) is 1. The summed E-state index contributed by atoms with van der Waals surface area (Å²) in [5.74, 6) is 0.137. The Morgan fingerprint density at radius 3 is 2.76 bits per heavy atom. The Hall–Kier alpha value is -1.86. The monoisotopic (exact) mass is 240 g/mol. The van der Waals surface area contributed by atoms with Gasteiger partial charge in [0.2, 0.25) is 5.88 Å². The summed E-state index contributed by atoms with van der Waals surface area (Å²) < 4.78 is 6.34. The molecule has 1 aliphatic rings. The summed E-state index contributed by atoms with van der Waals surface area (Å²) in [6.07, 6.45) is -0.496. The van der Waals surface area contributed by atoms with Gasteiger partial charge < -0.3 is 14.9 Å². The van der Waals surface area contributed by atoms with Crippen molar-refractivity contribution in [3.8, 4) is 0 Å². The zero-order chi connectivity index (χ0) is 12.6. The first-order chi connectivity index (χ1) is 8.04. The highest BCUT2D eigenvalue weighted by Crippen LogP contribution is 2.27. The Kier molecular flexibility index (Phi) is 2.86. The highest BCUT2D eigenvalue weighted by Gasteiger charge is 2.33. The minimum atomic E-state index is -0.964. The highest BCUT2D eigenvalue weighted by molar-refractivity contribution is 5.48. The van der Waals surface area contributed by atoms with Gasteiger partial charge in [-0.3, -0.25) is 9.78 Å². The maximum absolute atomic E-state index is 11.5. The normalized spacial score (nSPS) is 23.9. The Morgan fingerprint density at radius 2 is 2.24 bits per heavy atom. The molecule has 0 unspecified atom stereocenters. The summed E-state index contributed by atoms with van der Waals surface area (Å²) in [5.41, 5.74) is -0.738. The first-order valence-electron chi connectivity index (χ1n) is 5.03. The molecule has 7 nitrogen and oxygen atoms in total. The molecule has 3 N–H and O–H groups in total. The van der Waals surface area contributed by atoms with E-state index in [0.29, 0.717) is 5.57 Å². The first-order valence-corrected chi connectivity index (χ1v) is 5.03. The Labute approximate surface area is 95.6 Å². The zero-order valence-electron chi connectivity index (χ0n) is 9.08. The van der Waals surface area contributed by atoms with Gasteiger partial charge in [0.15, 0.2) is 6.10 Å². The van der Waals surface area contributed by atoms with Crippen LogP contribution in [0.4, 0.5) is 0 Å². The van der Waals surface area contributed by atoms with E-state index in [1.807, 2.05) is 0 Å². The van der Waals surface area contributed by atoms with E-state index in [4.69, 9.17) is 9.84 Å². The lowest BCUT2D eigenvalue weighted by atomic mass is 10.1. The predicted octanol–water partition coefficient (Wildman–Crippen LogP) is -1.52.